The highest BCUT2D eigenvalue weighted by molar-refractivity contribution is 9.10. The molecule has 2 aromatic rings. The lowest BCUT2D eigenvalue weighted by atomic mass is 10.2. The third-order valence-electron chi connectivity index (χ3n) is 2.55. The molecule has 0 atom stereocenters. The molecule has 0 aromatic heterocycles. The molecule has 0 aliphatic carbocycles. The lowest BCUT2D eigenvalue weighted by Crippen LogP contribution is -2.20. The van der Waals surface area contributed by atoms with Crippen LogP contribution in [0.3, 0.4) is 0 Å². The van der Waals surface area contributed by atoms with Gasteiger partial charge in [0.05, 0.1) is 5.02 Å². The summed E-state index contributed by atoms with van der Waals surface area (Å²) < 4.78 is 6.25. The Balaban J connectivity index is 1.92. The molecule has 1 amide bonds. The van der Waals surface area contributed by atoms with Gasteiger partial charge in [-0.1, -0.05) is 39.7 Å². The smallest absolute Gasteiger partial charge is 0.262 e. The molecular formula is C15H13BrClNO2. The van der Waals surface area contributed by atoms with Gasteiger partial charge in [0.15, 0.2) is 6.61 Å². The van der Waals surface area contributed by atoms with Gasteiger partial charge >= 0.3 is 0 Å². The van der Waals surface area contributed by atoms with E-state index < -0.39 is 0 Å². The van der Waals surface area contributed by atoms with Crippen molar-refractivity contribution in [3.8, 4) is 5.75 Å². The summed E-state index contributed by atoms with van der Waals surface area (Å²) in [5.74, 6) is 0.254. The number of benzene rings is 2. The first-order valence-electron chi connectivity index (χ1n) is 5.99. The number of ether oxygens (including phenoxy) is 1. The molecule has 0 aliphatic heterocycles. The molecule has 3 nitrogen and oxygen atoms in total. The molecule has 0 heterocycles. The number of anilines is 1. The Morgan fingerprint density at radius 1 is 1.30 bits per heavy atom. The van der Waals surface area contributed by atoms with Crippen molar-refractivity contribution in [2.24, 2.45) is 0 Å². The Morgan fingerprint density at radius 2 is 2.10 bits per heavy atom. The van der Waals surface area contributed by atoms with Crippen molar-refractivity contribution in [3.63, 3.8) is 0 Å². The molecule has 0 fully saturated rings. The fourth-order valence-corrected chi connectivity index (χ4v) is 2.38. The molecule has 0 spiro atoms. The zero-order valence-electron chi connectivity index (χ0n) is 10.8. The van der Waals surface area contributed by atoms with E-state index >= 15 is 0 Å². The first kappa shape index (κ1) is 14.9. The van der Waals surface area contributed by atoms with Crippen LogP contribution in [0.25, 0.3) is 0 Å². The summed E-state index contributed by atoms with van der Waals surface area (Å²) in [5, 5.41) is 3.23. The van der Waals surface area contributed by atoms with Crippen LogP contribution in [0.4, 0.5) is 5.69 Å². The van der Waals surface area contributed by atoms with E-state index in [0.29, 0.717) is 10.8 Å². The third kappa shape index (κ3) is 4.25. The van der Waals surface area contributed by atoms with Crippen LogP contribution in [0.1, 0.15) is 5.56 Å². The molecule has 0 saturated carbocycles. The van der Waals surface area contributed by atoms with Gasteiger partial charge in [-0.05, 0) is 42.8 Å². The first-order valence-corrected chi connectivity index (χ1v) is 7.16. The summed E-state index contributed by atoms with van der Waals surface area (Å²) in [4.78, 5) is 11.8. The highest BCUT2D eigenvalue weighted by Gasteiger charge is 2.06. The van der Waals surface area contributed by atoms with Gasteiger partial charge in [-0.15, -0.1) is 0 Å². The molecule has 2 aromatic carbocycles. The SMILES string of the molecule is Cc1cccc(NC(=O)COc2ccc(Br)cc2Cl)c1. The number of halogens is 2. The van der Waals surface area contributed by atoms with E-state index in [2.05, 4.69) is 21.2 Å². The molecule has 1 N–H and O–H groups in total. The molecule has 0 unspecified atom stereocenters. The zero-order valence-corrected chi connectivity index (χ0v) is 13.2. The predicted octanol–water partition coefficient (Wildman–Crippen LogP) is 4.43. The van der Waals surface area contributed by atoms with E-state index in [1.807, 2.05) is 31.2 Å². The van der Waals surface area contributed by atoms with Crippen LogP contribution in [-0.4, -0.2) is 12.5 Å². The van der Waals surface area contributed by atoms with Crippen LogP contribution < -0.4 is 10.1 Å². The maximum atomic E-state index is 11.8. The van der Waals surface area contributed by atoms with E-state index in [9.17, 15) is 4.79 Å². The van der Waals surface area contributed by atoms with Gasteiger partial charge in [0.1, 0.15) is 5.75 Å². The van der Waals surface area contributed by atoms with E-state index in [-0.39, 0.29) is 12.5 Å². The minimum Gasteiger partial charge on any atom is -0.482 e. The molecule has 2 rings (SSSR count). The molecular weight excluding hydrogens is 342 g/mol. The standard InChI is InChI=1S/C15H13BrClNO2/c1-10-3-2-4-12(7-10)18-15(19)9-20-14-6-5-11(16)8-13(14)17/h2-8H,9H2,1H3,(H,18,19). The summed E-state index contributed by atoms with van der Waals surface area (Å²) in [6.07, 6.45) is 0. The number of nitrogens with one attached hydrogen (secondary N) is 1. The maximum Gasteiger partial charge on any atom is 0.262 e. The number of rotatable bonds is 4. The molecule has 0 bridgehead atoms. The van der Waals surface area contributed by atoms with Gasteiger partial charge in [0.25, 0.3) is 5.91 Å². The zero-order chi connectivity index (χ0) is 14.5. The molecule has 0 saturated heterocycles. The van der Waals surface area contributed by atoms with Gasteiger partial charge in [-0.25, -0.2) is 0 Å². The van der Waals surface area contributed by atoms with Crippen LogP contribution in [0.15, 0.2) is 46.9 Å². The third-order valence-corrected chi connectivity index (χ3v) is 3.34. The largest absolute Gasteiger partial charge is 0.482 e. The summed E-state index contributed by atoms with van der Waals surface area (Å²) in [5.41, 5.74) is 1.83. The molecule has 20 heavy (non-hydrogen) atoms. The normalized spacial score (nSPS) is 10.2. The summed E-state index contributed by atoms with van der Waals surface area (Å²) in [7, 11) is 0. The predicted molar refractivity (Wildman–Crippen MR) is 84.5 cm³/mol. The van der Waals surface area contributed by atoms with Crippen LogP contribution in [-0.2, 0) is 4.79 Å². The minimum atomic E-state index is -0.227. The van der Waals surface area contributed by atoms with Crippen molar-refractivity contribution < 1.29 is 9.53 Å². The number of hydrogen-bond donors (Lipinski definition) is 1. The van der Waals surface area contributed by atoms with Crippen molar-refractivity contribution in [2.45, 2.75) is 6.92 Å². The second-order valence-corrected chi connectivity index (χ2v) is 5.60. The number of hydrogen-bond acceptors (Lipinski definition) is 2. The average Bonchev–Trinajstić information content (AvgIpc) is 2.37. The van der Waals surface area contributed by atoms with Crippen molar-refractivity contribution in [3.05, 3.63) is 57.5 Å². The van der Waals surface area contributed by atoms with Crippen LogP contribution in [0, 0.1) is 6.92 Å². The Labute approximate surface area is 131 Å². The first-order chi connectivity index (χ1) is 9.54. The van der Waals surface area contributed by atoms with Crippen molar-refractivity contribution >= 4 is 39.1 Å². The van der Waals surface area contributed by atoms with E-state index in [1.165, 1.54) is 0 Å². The fraction of sp³-hybridized carbons (Fsp3) is 0.133. The second kappa shape index (κ2) is 6.77. The summed E-state index contributed by atoms with van der Waals surface area (Å²) >= 11 is 9.32. The Hall–Kier alpha value is -1.52. The highest BCUT2D eigenvalue weighted by atomic mass is 79.9. The minimum absolute atomic E-state index is 0.0880. The van der Waals surface area contributed by atoms with E-state index in [1.54, 1.807) is 18.2 Å². The summed E-state index contributed by atoms with van der Waals surface area (Å²) in [6.45, 7) is 1.88. The van der Waals surface area contributed by atoms with Gasteiger partial charge in [0.2, 0.25) is 0 Å². The molecule has 104 valence electrons. The number of aryl methyl sites for hydroxylation is 1. The molecule has 5 heteroatoms. The van der Waals surface area contributed by atoms with Crippen molar-refractivity contribution in [1.82, 2.24) is 0 Å². The van der Waals surface area contributed by atoms with Crippen LogP contribution in [0.5, 0.6) is 5.75 Å². The van der Waals surface area contributed by atoms with Gasteiger partial charge in [0, 0.05) is 10.2 Å². The maximum absolute atomic E-state index is 11.8. The van der Waals surface area contributed by atoms with Gasteiger partial charge < -0.3 is 10.1 Å². The van der Waals surface area contributed by atoms with E-state index in [0.717, 1.165) is 15.7 Å². The average molecular weight is 355 g/mol. The number of carbonyl (C=O) groups excluding carboxylic acids is 1. The Bertz CT molecular complexity index is 631. The Kier molecular flexibility index (Phi) is 5.04. The van der Waals surface area contributed by atoms with E-state index in [4.69, 9.17) is 16.3 Å². The van der Waals surface area contributed by atoms with Crippen molar-refractivity contribution in [1.29, 1.82) is 0 Å². The number of carbonyl (C=O) groups is 1. The van der Waals surface area contributed by atoms with Crippen molar-refractivity contribution in [2.75, 3.05) is 11.9 Å². The van der Waals surface area contributed by atoms with Gasteiger partial charge in [-0.2, -0.15) is 0 Å². The lowest BCUT2D eigenvalue weighted by Gasteiger charge is -2.09. The monoisotopic (exact) mass is 353 g/mol. The lowest BCUT2D eigenvalue weighted by molar-refractivity contribution is -0.118. The van der Waals surface area contributed by atoms with Crippen LogP contribution in [0.2, 0.25) is 5.02 Å². The molecule has 0 radical (unpaired) electrons. The van der Waals surface area contributed by atoms with Gasteiger partial charge in [-0.3, -0.25) is 4.79 Å². The second-order valence-electron chi connectivity index (χ2n) is 4.28. The molecule has 0 aliphatic rings. The Morgan fingerprint density at radius 3 is 2.80 bits per heavy atom. The fourth-order valence-electron chi connectivity index (χ4n) is 1.66. The number of amides is 1. The highest BCUT2D eigenvalue weighted by Crippen LogP contribution is 2.27. The summed E-state index contributed by atoms with van der Waals surface area (Å²) in [6, 6.07) is 12.8. The van der Waals surface area contributed by atoms with Crippen LogP contribution >= 0.6 is 27.5 Å². The topological polar surface area (TPSA) is 38.3 Å². The quantitative estimate of drug-likeness (QED) is 0.882.